The van der Waals surface area contributed by atoms with E-state index in [0.717, 1.165) is 25.0 Å². The zero-order chi connectivity index (χ0) is 7.52. The van der Waals surface area contributed by atoms with Crippen LogP contribution in [0.25, 0.3) is 0 Å². The van der Waals surface area contributed by atoms with Gasteiger partial charge in [-0.1, -0.05) is 18.2 Å². The van der Waals surface area contributed by atoms with E-state index in [1.54, 1.807) is 0 Å². The van der Waals surface area contributed by atoms with Crippen LogP contribution in [0.1, 0.15) is 18.4 Å². The molecule has 0 saturated carbocycles. The average Bonchev–Trinajstić information content (AvgIpc) is 2.28. The van der Waals surface area contributed by atoms with Crippen molar-refractivity contribution in [3.05, 3.63) is 36.4 Å². The van der Waals surface area contributed by atoms with Gasteiger partial charge < -0.3 is 4.74 Å². The molecule has 2 radical (unpaired) electrons. The lowest BCUT2D eigenvalue weighted by Crippen LogP contribution is -1.87. The van der Waals surface area contributed by atoms with Crippen molar-refractivity contribution < 1.29 is 4.74 Å². The Bertz CT molecular complexity index is 217. The highest BCUT2D eigenvalue weighted by molar-refractivity contribution is 5.34. The number of para-hydroxylation sites is 1. The lowest BCUT2D eigenvalue weighted by molar-refractivity contribution is 0.397. The molecule has 11 heavy (non-hydrogen) atoms. The van der Waals surface area contributed by atoms with Gasteiger partial charge in [-0.2, -0.15) is 0 Å². The third-order valence-electron chi connectivity index (χ3n) is 1.88. The number of benzene rings is 1. The van der Waals surface area contributed by atoms with Crippen LogP contribution in [0.5, 0.6) is 5.75 Å². The molecule has 0 atom stereocenters. The van der Waals surface area contributed by atoms with E-state index in [0.29, 0.717) is 0 Å². The second kappa shape index (κ2) is 2.95. The van der Waals surface area contributed by atoms with Crippen LogP contribution < -0.4 is 4.74 Å². The summed E-state index contributed by atoms with van der Waals surface area (Å²) in [6, 6.07) is 8.15. The number of rotatable bonds is 0. The molecule has 2 rings (SSSR count). The fraction of sp³-hybridized carbons (Fsp3) is 0.300. The molecule has 0 saturated heterocycles. The third-order valence-corrected chi connectivity index (χ3v) is 1.88. The molecule has 0 bridgehead atoms. The number of hydrogen-bond donors (Lipinski definition) is 0. The highest BCUT2D eigenvalue weighted by Gasteiger charge is 2.07. The molecule has 1 nitrogen and oxygen atoms in total. The predicted molar refractivity (Wildman–Crippen MR) is 43.3 cm³/mol. The van der Waals surface area contributed by atoms with Gasteiger partial charge in [0, 0.05) is 0 Å². The van der Waals surface area contributed by atoms with E-state index in [1.807, 2.05) is 18.2 Å². The molecule has 0 amide bonds. The SMILES string of the molecule is [C]1CCCc2ccccc2O1. The fourth-order valence-electron chi connectivity index (χ4n) is 1.29. The van der Waals surface area contributed by atoms with Crippen molar-refractivity contribution in [3.8, 4) is 5.75 Å². The molecule has 0 aromatic heterocycles. The summed E-state index contributed by atoms with van der Waals surface area (Å²) in [4.78, 5) is 0. The lowest BCUT2D eigenvalue weighted by atomic mass is 10.1. The third kappa shape index (κ3) is 1.37. The normalized spacial score (nSPS) is 16.4. The van der Waals surface area contributed by atoms with Gasteiger partial charge >= 0.3 is 0 Å². The molecule has 0 aliphatic carbocycles. The molecule has 1 aliphatic rings. The Labute approximate surface area is 67.0 Å². The van der Waals surface area contributed by atoms with Crippen LogP contribution in [0.3, 0.4) is 0 Å². The summed E-state index contributed by atoms with van der Waals surface area (Å²) in [6.07, 6.45) is 3.20. The Morgan fingerprint density at radius 3 is 3.18 bits per heavy atom. The van der Waals surface area contributed by atoms with Gasteiger partial charge in [-0.3, -0.25) is 0 Å². The quantitative estimate of drug-likeness (QED) is 0.546. The van der Waals surface area contributed by atoms with E-state index in [1.165, 1.54) is 5.56 Å². The first-order valence-corrected chi connectivity index (χ1v) is 3.94. The van der Waals surface area contributed by atoms with Crippen LogP contribution >= 0.6 is 0 Å². The highest BCUT2D eigenvalue weighted by atomic mass is 16.5. The van der Waals surface area contributed by atoms with E-state index in [4.69, 9.17) is 4.74 Å². The van der Waals surface area contributed by atoms with Crippen molar-refractivity contribution in [2.45, 2.75) is 19.3 Å². The Morgan fingerprint density at radius 1 is 1.27 bits per heavy atom. The molecule has 1 aliphatic heterocycles. The molecule has 0 fully saturated rings. The Morgan fingerprint density at radius 2 is 2.18 bits per heavy atom. The summed E-state index contributed by atoms with van der Waals surface area (Å²) in [5.41, 5.74) is 1.30. The van der Waals surface area contributed by atoms with Crippen LogP contribution in [0, 0.1) is 6.61 Å². The highest BCUT2D eigenvalue weighted by Crippen LogP contribution is 2.24. The molecule has 1 heterocycles. The number of fused-ring (bicyclic) bond motifs is 1. The maximum Gasteiger partial charge on any atom is 0.196 e. The molecule has 0 unspecified atom stereocenters. The molecule has 1 aromatic rings. The predicted octanol–water partition coefficient (Wildman–Crippen LogP) is 2.44. The van der Waals surface area contributed by atoms with Crippen molar-refractivity contribution in [1.82, 2.24) is 0 Å². The van der Waals surface area contributed by atoms with Crippen molar-refractivity contribution >= 4 is 0 Å². The molecule has 56 valence electrons. The Hall–Kier alpha value is -0.980. The summed E-state index contributed by atoms with van der Waals surface area (Å²) < 4.78 is 5.30. The molecule has 1 aromatic carbocycles. The fourth-order valence-corrected chi connectivity index (χ4v) is 1.29. The van der Waals surface area contributed by atoms with Gasteiger partial charge in [-0.25, -0.2) is 0 Å². The maximum atomic E-state index is 5.30. The topological polar surface area (TPSA) is 9.23 Å². The second-order valence-corrected chi connectivity index (χ2v) is 2.71. The second-order valence-electron chi connectivity index (χ2n) is 2.71. The van der Waals surface area contributed by atoms with Crippen molar-refractivity contribution in [1.29, 1.82) is 0 Å². The zero-order valence-electron chi connectivity index (χ0n) is 6.34. The van der Waals surface area contributed by atoms with Crippen LogP contribution in [0.15, 0.2) is 24.3 Å². The lowest BCUT2D eigenvalue weighted by Gasteiger charge is -2.03. The molecular weight excluding hydrogens is 136 g/mol. The van der Waals surface area contributed by atoms with Crippen LogP contribution in [0.2, 0.25) is 0 Å². The van der Waals surface area contributed by atoms with Gasteiger partial charge in [-0.05, 0) is 30.9 Å². The standard InChI is InChI=1S/C10H10O/c1-2-7-10-9(5-1)6-3-4-8-11-10/h1-2,5,7H,3-4,6H2. The average molecular weight is 146 g/mol. The number of hydrogen-bond acceptors (Lipinski definition) is 1. The summed E-state index contributed by atoms with van der Waals surface area (Å²) in [6.45, 7) is 2.90. The van der Waals surface area contributed by atoms with Crippen molar-refractivity contribution in [2.75, 3.05) is 0 Å². The van der Waals surface area contributed by atoms with E-state index in [9.17, 15) is 0 Å². The number of ether oxygens (including phenoxy) is 1. The van der Waals surface area contributed by atoms with Crippen LogP contribution in [-0.4, -0.2) is 0 Å². The maximum absolute atomic E-state index is 5.30. The van der Waals surface area contributed by atoms with Gasteiger partial charge in [0.2, 0.25) is 0 Å². The first kappa shape index (κ1) is 6.71. The smallest absolute Gasteiger partial charge is 0.196 e. The zero-order valence-corrected chi connectivity index (χ0v) is 6.34. The van der Waals surface area contributed by atoms with Crippen molar-refractivity contribution in [3.63, 3.8) is 0 Å². The monoisotopic (exact) mass is 146 g/mol. The minimum atomic E-state index is 0.939. The van der Waals surface area contributed by atoms with Crippen LogP contribution in [-0.2, 0) is 6.42 Å². The van der Waals surface area contributed by atoms with Gasteiger partial charge in [0.05, 0.1) is 0 Å². The largest absolute Gasteiger partial charge is 0.478 e. The van der Waals surface area contributed by atoms with E-state index >= 15 is 0 Å². The summed E-state index contributed by atoms with van der Waals surface area (Å²) in [7, 11) is 0. The summed E-state index contributed by atoms with van der Waals surface area (Å²) in [5.74, 6) is 0.977. The van der Waals surface area contributed by atoms with Gasteiger partial charge in [0.1, 0.15) is 5.75 Å². The molecule has 1 heteroatoms. The number of aryl methyl sites for hydroxylation is 1. The van der Waals surface area contributed by atoms with E-state index in [-0.39, 0.29) is 0 Å². The first-order valence-electron chi connectivity index (χ1n) is 3.94. The van der Waals surface area contributed by atoms with Gasteiger partial charge in [-0.15, -0.1) is 0 Å². The van der Waals surface area contributed by atoms with Gasteiger partial charge in [0.15, 0.2) is 6.61 Å². The molecule has 0 N–H and O–H groups in total. The van der Waals surface area contributed by atoms with Gasteiger partial charge in [0.25, 0.3) is 0 Å². The first-order chi connectivity index (χ1) is 5.47. The Balaban J connectivity index is 2.33. The summed E-state index contributed by atoms with van der Waals surface area (Å²) in [5, 5.41) is 0. The van der Waals surface area contributed by atoms with Crippen LogP contribution in [0.4, 0.5) is 0 Å². The minimum absolute atomic E-state index is 0.939. The van der Waals surface area contributed by atoms with E-state index in [2.05, 4.69) is 12.7 Å². The molecule has 0 spiro atoms. The minimum Gasteiger partial charge on any atom is -0.478 e. The van der Waals surface area contributed by atoms with Crippen molar-refractivity contribution in [2.24, 2.45) is 0 Å². The summed E-state index contributed by atoms with van der Waals surface area (Å²) >= 11 is 0. The Kier molecular flexibility index (Phi) is 1.80. The molecular formula is C10H10O. The van der Waals surface area contributed by atoms with E-state index < -0.39 is 0 Å².